The molecule has 3 amide bonds. The number of quaternary nitrogens is 1. The first kappa shape index (κ1) is 28.0. The Morgan fingerprint density at radius 3 is 2.39 bits per heavy atom. The second-order valence-electron chi connectivity index (χ2n) is 7.28. The van der Waals surface area contributed by atoms with Gasteiger partial charge in [-0.1, -0.05) is 6.08 Å². The Morgan fingerprint density at radius 1 is 1.39 bits per heavy atom. The average molecular weight is 496 g/mol. The molecule has 33 heavy (non-hydrogen) atoms. The van der Waals surface area contributed by atoms with Crippen LogP contribution in [-0.2, 0) is 24.0 Å². The summed E-state index contributed by atoms with van der Waals surface area (Å²) in [6.07, 6.45) is -1.26. The van der Waals surface area contributed by atoms with Crippen LogP contribution in [-0.4, -0.2) is 94.7 Å². The van der Waals surface area contributed by atoms with Crippen LogP contribution in [0.15, 0.2) is 23.4 Å². The number of thioether (sulfide) groups is 1. The summed E-state index contributed by atoms with van der Waals surface area (Å²) in [5.41, 5.74) is 5.75. The maximum absolute atomic E-state index is 12.2. The van der Waals surface area contributed by atoms with Gasteiger partial charge in [-0.15, -0.1) is 11.8 Å². The summed E-state index contributed by atoms with van der Waals surface area (Å²) in [5.74, 6) is -4.61. The number of carboxylic acid groups (broad SMARTS) is 2. The fourth-order valence-electron chi connectivity index (χ4n) is 3.00. The molecule has 0 aromatic heterocycles. The van der Waals surface area contributed by atoms with E-state index in [0.29, 0.717) is 35.3 Å². The van der Waals surface area contributed by atoms with Crippen LogP contribution in [0.25, 0.3) is 0 Å². The number of nitrogens with one attached hydrogen (secondary N) is 1. The molecule has 15 heteroatoms. The molecule has 4 N–H and O–H groups in total. The van der Waals surface area contributed by atoms with Crippen molar-refractivity contribution in [2.45, 2.75) is 24.5 Å². The number of hydrogen-bond donors (Lipinski definition) is 3. The van der Waals surface area contributed by atoms with Crippen LogP contribution in [0.3, 0.4) is 0 Å². The number of allylic oxidation sites excluding steroid dienone is 1. The van der Waals surface area contributed by atoms with Gasteiger partial charge in [0, 0.05) is 5.75 Å². The van der Waals surface area contributed by atoms with Gasteiger partial charge >= 0.3 is 12.1 Å². The van der Waals surface area contributed by atoms with Crippen molar-refractivity contribution in [1.29, 1.82) is 0 Å². The van der Waals surface area contributed by atoms with Crippen LogP contribution in [0.1, 0.15) is 6.92 Å². The minimum absolute atomic E-state index is 0.0560. The number of carboxylic acids is 2. The summed E-state index contributed by atoms with van der Waals surface area (Å²) < 4.78 is 32.0. The normalized spacial score (nSPS) is 21.8. The van der Waals surface area contributed by atoms with Crippen molar-refractivity contribution in [2.75, 3.05) is 32.4 Å². The van der Waals surface area contributed by atoms with Crippen LogP contribution >= 0.6 is 11.8 Å². The van der Waals surface area contributed by atoms with Crippen molar-refractivity contribution in [3.8, 4) is 0 Å². The standard InChI is InChI=1S/C16H22N4O5S.C2HF3O2/c1-3-20(2,7-11(17)22)6-4-5-10-8-26-15-12(18-9-21)14(23)19(15)13(10)16(24)25;3-2(4,5)1(6)7/h4-5,9,12,15H,3,6-8H2,1-2H3,(H3-,17,18,21,22,24,25);(H,6,7)/b5-4+;/t12-,15-,20?;/m1./s1. The molecule has 0 bridgehead atoms. The molecule has 184 valence electrons. The van der Waals surface area contributed by atoms with Gasteiger partial charge in [0.15, 0.2) is 6.54 Å². The first-order valence-electron chi connectivity index (χ1n) is 9.36. The highest BCUT2D eigenvalue weighted by atomic mass is 32.2. The molecule has 1 saturated heterocycles. The Hall–Kier alpha value is -3.07. The van der Waals surface area contributed by atoms with Gasteiger partial charge in [0.05, 0.1) is 20.1 Å². The number of fused-ring (bicyclic) bond motifs is 1. The molecule has 2 aliphatic rings. The number of carbonyl (C=O) groups excluding carboxylic acids is 4. The molecule has 0 radical (unpaired) electrons. The maximum Gasteiger partial charge on any atom is 0.430 e. The van der Waals surface area contributed by atoms with Crippen LogP contribution in [0.2, 0.25) is 0 Å². The van der Waals surface area contributed by atoms with Crippen molar-refractivity contribution in [3.63, 3.8) is 0 Å². The van der Waals surface area contributed by atoms with E-state index in [0.717, 1.165) is 0 Å². The molecule has 2 aliphatic heterocycles. The third-order valence-corrected chi connectivity index (χ3v) is 6.15. The summed E-state index contributed by atoms with van der Waals surface area (Å²) in [6.45, 7) is 3.33. The molecule has 0 spiro atoms. The minimum atomic E-state index is -5.19. The fourth-order valence-corrected chi connectivity index (χ4v) is 4.33. The van der Waals surface area contributed by atoms with Gasteiger partial charge in [0.1, 0.15) is 23.1 Å². The monoisotopic (exact) mass is 496 g/mol. The molecular formula is C18H23F3N4O7S. The number of carbonyl (C=O) groups is 5. The SMILES string of the molecule is CC[N+](C)(C/C=C/C1=C(C(=O)O)N2C(=O)[C@@H](NC=O)[C@H]2SC1)CC(N)=O.O=C([O-])C(F)(F)F. The largest absolute Gasteiger partial charge is 0.542 e. The van der Waals surface area contributed by atoms with Gasteiger partial charge in [-0.25, -0.2) is 4.79 Å². The number of β-lactam (4-membered cyclic amide) rings is 1. The number of nitrogens with two attached hydrogens (primary N) is 1. The number of nitrogens with zero attached hydrogens (tertiary/aromatic N) is 2. The van der Waals surface area contributed by atoms with Crippen molar-refractivity contribution in [2.24, 2.45) is 5.73 Å². The van der Waals surface area contributed by atoms with Gasteiger partial charge in [-0.05, 0) is 18.6 Å². The number of aliphatic carboxylic acids is 2. The summed E-state index contributed by atoms with van der Waals surface area (Å²) in [5, 5.41) is 20.3. The summed E-state index contributed by atoms with van der Waals surface area (Å²) >= 11 is 1.40. The zero-order valence-corrected chi connectivity index (χ0v) is 18.4. The number of alkyl halides is 3. The lowest BCUT2D eigenvalue weighted by atomic mass is 10.0. The molecule has 0 aromatic carbocycles. The molecule has 1 fully saturated rings. The highest BCUT2D eigenvalue weighted by Gasteiger charge is 2.53. The zero-order chi connectivity index (χ0) is 25.6. The Labute approximate surface area is 190 Å². The number of rotatable bonds is 9. The summed E-state index contributed by atoms with van der Waals surface area (Å²) in [6, 6.07) is -0.687. The summed E-state index contributed by atoms with van der Waals surface area (Å²) in [7, 11) is 1.89. The average Bonchev–Trinajstić information content (AvgIpc) is 2.70. The third-order valence-electron chi connectivity index (χ3n) is 4.85. The summed E-state index contributed by atoms with van der Waals surface area (Å²) in [4.78, 5) is 55.6. The van der Waals surface area contributed by atoms with E-state index >= 15 is 0 Å². The van der Waals surface area contributed by atoms with E-state index in [1.54, 1.807) is 12.2 Å². The lowest BCUT2D eigenvalue weighted by Gasteiger charge is -2.48. The smallest absolute Gasteiger partial charge is 0.430 e. The predicted octanol–water partition coefficient (Wildman–Crippen LogP) is -1.84. The molecule has 3 atom stereocenters. The van der Waals surface area contributed by atoms with Gasteiger partial charge in [0.2, 0.25) is 6.41 Å². The number of amides is 3. The van der Waals surface area contributed by atoms with Crippen LogP contribution in [0, 0.1) is 0 Å². The van der Waals surface area contributed by atoms with E-state index in [9.17, 15) is 37.5 Å². The molecule has 2 heterocycles. The van der Waals surface area contributed by atoms with Crippen molar-refractivity contribution >= 4 is 41.9 Å². The first-order valence-corrected chi connectivity index (χ1v) is 10.4. The topological polar surface area (TPSA) is 170 Å². The number of hydrogen-bond acceptors (Lipinski definition) is 7. The van der Waals surface area contributed by atoms with E-state index in [4.69, 9.17) is 15.6 Å². The molecular weight excluding hydrogens is 473 g/mol. The highest BCUT2D eigenvalue weighted by Crippen LogP contribution is 2.40. The number of likely N-dealkylation sites (N-methyl/N-ethyl adjacent to an activating group) is 1. The second-order valence-corrected chi connectivity index (χ2v) is 8.39. The number of halogens is 3. The van der Waals surface area contributed by atoms with E-state index in [1.807, 2.05) is 14.0 Å². The maximum atomic E-state index is 12.2. The Morgan fingerprint density at radius 2 is 1.97 bits per heavy atom. The Kier molecular flexibility index (Phi) is 9.47. The third kappa shape index (κ3) is 7.21. The van der Waals surface area contributed by atoms with E-state index in [-0.39, 0.29) is 12.2 Å². The predicted molar refractivity (Wildman–Crippen MR) is 107 cm³/mol. The van der Waals surface area contributed by atoms with Crippen molar-refractivity contribution in [1.82, 2.24) is 10.2 Å². The molecule has 0 aliphatic carbocycles. The van der Waals surface area contributed by atoms with E-state index in [1.165, 1.54) is 16.7 Å². The van der Waals surface area contributed by atoms with E-state index < -0.39 is 41.3 Å². The Bertz CT molecular complexity index is 878. The van der Waals surface area contributed by atoms with Crippen LogP contribution in [0.5, 0.6) is 0 Å². The van der Waals surface area contributed by atoms with Gasteiger partial charge in [-0.3, -0.25) is 19.3 Å². The number of primary amides is 1. The van der Waals surface area contributed by atoms with Gasteiger partial charge < -0.3 is 30.5 Å². The van der Waals surface area contributed by atoms with Gasteiger partial charge in [-0.2, -0.15) is 13.2 Å². The molecule has 11 nitrogen and oxygen atoms in total. The van der Waals surface area contributed by atoms with Crippen molar-refractivity contribution in [3.05, 3.63) is 23.4 Å². The fraction of sp³-hybridized carbons (Fsp3) is 0.500. The Balaban J connectivity index is 0.000000675. The second kappa shape index (κ2) is 11.2. The molecule has 0 saturated carbocycles. The lowest BCUT2D eigenvalue weighted by molar-refractivity contribution is -0.894. The lowest BCUT2D eigenvalue weighted by Crippen LogP contribution is -2.69. The van der Waals surface area contributed by atoms with Crippen molar-refractivity contribution < 1.29 is 51.8 Å². The molecule has 2 rings (SSSR count). The van der Waals surface area contributed by atoms with Crippen LogP contribution < -0.4 is 16.2 Å². The van der Waals surface area contributed by atoms with Gasteiger partial charge in [0.25, 0.3) is 11.8 Å². The van der Waals surface area contributed by atoms with E-state index in [2.05, 4.69) is 5.32 Å². The van der Waals surface area contributed by atoms with Crippen LogP contribution in [0.4, 0.5) is 13.2 Å². The zero-order valence-electron chi connectivity index (χ0n) is 17.6. The quantitative estimate of drug-likeness (QED) is 0.190. The molecule has 1 unspecified atom stereocenters. The highest BCUT2D eigenvalue weighted by molar-refractivity contribution is 8.00. The first-order chi connectivity index (χ1) is 15.2. The molecule has 0 aromatic rings. The minimum Gasteiger partial charge on any atom is -0.542 e.